The molecule has 0 radical (unpaired) electrons. The van der Waals surface area contributed by atoms with Gasteiger partial charge in [-0.3, -0.25) is 9.69 Å². The van der Waals surface area contributed by atoms with Crippen LogP contribution in [0.15, 0.2) is 29.6 Å². The van der Waals surface area contributed by atoms with Gasteiger partial charge in [-0.05, 0) is 41.6 Å². The van der Waals surface area contributed by atoms with E-state index in [1.54, 1.807) is 11.8 Å². The van der Waals surface area contributed by atoms with Gasteiger partial charge >= 0.3 is 0 Å². The summed E-state index contributed by atoms with van der Waals surface area (Å²) in [6.07, 6.45) is 0. The van der Waals surface area contributed by atoms with Crippen molar-refractivity contribution in [3.63, 3.8) is 0 Å². The quantitative estimate of drug-likeness (QED) is 0.777. The maximum Gasteiger partial charge on any atom is 0.225 e. The van der Waals surface area contributed by atoms with Crippen molar-refractivity contribution in [1.29, 1.82) is 0 Å². The van der Waals surface area contributed by atoms with Gasteiger partial charge in [-0.15, -0.1) is 11.3 Å². The van der Waals surface area contributed by atoms with Crippen LogP contribution in [0.1, 0.15) is 19.5 Å². The van der Waals surface area contributed by atoms with E-state index in [0.717, 1.165) is 16.5 Å². The minimum Gasteiger partial charge on any atom is -0.378 e. The van der Waals surface area contributed by atoms with Crippen LogP contribution < -0.4 is 10.2 Å². The fraction of sp³-hybridized carbons (Fsp3) is 0.286. The van der Waals surface area contributed by atoms with Gasteiger partial charge in [-0.25, -0.2) is 4.98 Å². The molecule has 1 amide bonds. The summed E-state index contributed by atoms with van der Waals surface area (Å²) in [4.78, 5) is 17.7. The summed E-state index contributed by atoms with van der Waals surface area (Å²) in [6, 6.07) is 8.12. The zero-order chi connectivity index (χ0) is 14.5. The molecule has 106 valence electrons. The highest BCUT2D eigenvalue weighted by Gasteiger charge is 2.13. The van der Waals surface area contributed by atoms with Crippen molar-refractivity contribution in [3.8, 4) is 0 Å². The lowest BCUT2D eigenvalue weighted by Crippen LogP contribution is -2.27. The average Bonchev–Trinajstić information content (AvgIpc) is 2.87. The fourth-order valence-corrected chi connectivity index (χ4v) is 3.29. The number of halogens is 1. The molecule has 1 aromatic carbocycles. The van der Waals surface area contributed by atoms with E-state index in [-0.39, 0.29) is 5.91 Å². The highest BCUT2D eigenvalue weighted by molar-refractivity contribution is 14.1. The van der Waals surface area contributed by atoms with Gasteiger partial charge in [-0.2, -0.15) is 0 Å². The first-order valence-electron chi connectivity index (χ1n) is 6.32. The molecule has 1 aromatic heterocycles. The summed E-state index contributed by atoms with van der Waals surface area (Å²) >= 11 is 3.80. The zero-order valence-corrected chi connectivity index (χ0v) is 14.4. The SMILES string of the molecule is CCN(C(C)=O)c1nc(CNc2ccccc2I)cs1. The molecule has 0 saturated heterocycles. The first kappa shape index (κ1) is 15.2. The largest absolute Gasteiger partial charge is 0.378 e. The number of hydrogen-bond acceptors (Lipinski definition) is 4. The third-order valence-corrected chi connectivity index (χ3v) is 4.65. The first-order chi connectivity index (χ1) is 9.61. The molecule has 2 aromatic rings. The van der Waals surface area contributed by atoms with Crippen LogP contribution in [0.5, 0.6) is 0 Å². The van der Waals surface area contributed by atoms with E-state index in [9.17, 15) is 4.79 Å². The number of benzene rings is 1. The van der Waals surface area contributed by atoms with Gasteiger partial charge in [-0.1, -0.05) is 12.1 Å². The molecule has 0 aliphatic heterocycles. The molecular formula is C14H16IN3OS. The van der Waals surface area contributed by atoms with Crippen molar-refractivity contribution in [2.24, 2.45) is 0 Å². The van der Waals surface area contributed by atoms with E-state index in [2.05, 4.69) is 39.0 Å². The van der Waals surface area contributed by atoms with E-state index in [1.165, 1.54) is 14.9 Å². The van der Waals surface area contributed by atoms with Gasteiger partial charge in [0.1, 0.15) is 0 Å². The minimum absolute atomic E-state index is 0.0268. The van der Waals surface area contributed by atoms with Gasteiger partial charge in [0.25, 0.3) is 0 Å². The second-order valence-electron chi connectivity index (χ2n) is 4.22. The van der Waals surface area contributed by atoms with Gasteiger partial charge in [0, 0.05) is 28.1 Å². The standard InChI is InChI=1S/C14H16IN3OS/c1-3-18(10(2)19)14-17-11(9-20-14)8-16-13-7-5-4-6-12(13)15/h4-7,9,16H,3,8H2,1-2H3. The Bertz CT molecular complexity index is 600. The van der Waals surface area contributed by atoms with Crippen LogP contribution in [0.2, 0.25) is 0 Å². The van der Waals surface area contributed by atoms with E-state index in [1.807, 2.05) is 30.5 Å². The number of para-hydroxylation sites is 1. The number of carbonyl (C=O) groups excluding carboxylic acids is 1. The molecule has 0 saturated carbocycles. The number of nitrogens with zero attached hydrogens (tertiary/aromatic N) is 2. The number of rotatable bonds is 5. The van der Waals surface area contributed by atoms with E-state index >= 15 is 0 Å². The summed E-state index contributed by atoms with van der Waals surface area (Å²) in [5.74, 6) is 0.0268. The highest BCUT2D eigenvalue weighted by atomic mass is 127. The number of anilines is 2. The second-order valence-corrected chi connectivity index (χ2v) is 6.22. The van der Waals surface area contributed by atoms with E-state index in [0.29, 0.717) is 13.1 Å². The summed E-state index contributed by atoms with van der Waals surface area (Å²) in [5.41, 5.74) is 2.05. The number of hydrogen-bond donors (Lipinski definition) is 1. The number of amides is 1. The zero-order valence-electron chi connectivity index (χ0n) is 11.4. The third kappa shape index (κ3) is 3.69. The molecule has 0 aliphatic rings. The molecular weight excluding hydrogens is 385 g/mol. The Hall–Kier alpha value is -1.15. The van der Waals surface area contributed by atoms with Crippen LogP contribution in [0.3, 0.4) is 0 Å². The van der Waals surface area contributed by atoms with Crippen LogP contribution in [0.25, 0.3) is 0 Å². The molecule has 20 heavy (non-hydrogen) atoms. The van der Waals surface area contributed by atoms with Crippen molar-refractivity contribution >= 4 is 50.7 Å². The third-order valence-electron chi connectivity index (χ3n) is 2.80. The molecule has 0 spiro atoms. The summed E-state index contributed by atoms with van der Waals surface area (Å²) in [7, 11) is 0. The average molecular weight is 401 g/mol. The predicted octanol–water partition coefficient (Wildman–Crippen LogP) is 3.73. The molecule has 1 N–H and O–H groups in total. The maximum absolute atomic E-state index is 11.5. The molecule has 1 heterocycles. The van der Waals surface area contributed by atoms with Crippen LogP contribution in [0.4, 0.5) is 10.8 Å². The maximum atomic E-state index is 11.5. The topological polar surface area (TPSA) is 45.2 Å². The van der Waals surface area contributed by atoms with Crippen LogP contribution in [-0.2, 0) is 11.3 Å². The molecule has 6 heteroatoms. The number of aromatic nitrogens is 1. The van der Waals surface area contributed by atoms with Gasteiger partial charge in [0.15, 0.2) is 5.13 Å². The molecule has 0 bridgehead atoms. The Morgan fingerprint density at radius 3 is 2.85 bits per heavy atom. The smallest absolute Gasteiger partial charge is 0.225 e. The number of nitrogens with one attached hydrogen (secondary N) is 1. The molecule has 0 atom stereocenters. The van der Waals surface area contributed by atoms with Gasteiger partial charge < -0.3 is 5.32 Å². The fourth-order valence-electron chi connectivity index (χ4n) is 1.78. The Morgan fingerprint density at radius 2 is 2.20 bits per heavy atom. The summed E-state index contributed by atoms with van der Waals surface area (Å²) in [5, 5.41) is 6.12. The minimum atomic E-state index is 0.0268. The van der Waals surface area contributed by atoms with E-state index in [4.69, 9.17) is 0 Å². The number of carbonyl (C=O) groups is 1. The molecule has 2 rings (SSSR count). The van der Waals surface area contributed by atoms with Crippen molar-refractivity contribution in [1.82, 2.24) is 4.98 Å². The predicted molar refractivity (Wildman–Crippen MR) is 92.3 cm³/mol. The van der Waals surface area contributed by atoms with Gasteiger partial charge in [0.2, 0.25) is 5.91 Å². The lowest BCUT2D eigenvalue weighted by molar-refractivity contribution is -0.116. The Morgan fingerprint density at radius 1 is 1.45 bits per heavy atom. The monoisotopic (exact) mass is 401 g/mol. The van der Waals surface area contributed by atoms with Crippen molar-refractivity contribution < 1.29 is 4.79 Å². The first-order valence-corrected chi connectivity index (χ1v) is 8.28. The van der Waals surface area contributed by atoms with Crippen LogP contribution in [-0.4, -0.2) is 17.4 Å². The van der Waals surface area contributed by atoms with Crippen molar-refractivity contribution in [2.45, 2.75) is 20.4 Å². The Balaban J connectivity index is 2.03. The summed E-state index contributed by atoms with van der Waals surface area (Å²) < 4.78 is 1.18. The van der Waals surface area contributed by atoms with Crippen LogP contribution >= 0.6 is 33.9 Å². The van der Waals surface area contributed by atoms with Gasteiger partial charge in [0.05, 0.1) is 12.2 Å². The summed E-state index contributed by atoms with van der Waals surface area (Å²) in [6.45, 7) is 4.82. The van der Waals surface area contributed by atoms with E-state index < -0.39 is 0 Å². The normalized spacial score (nSPS) is 10.3. The lowest BCUT2D eigenvalue weighted by atomic mass is 10.3. The second kappa shape index (κ2) is 7.03. The van der Waals surface area contributed by atoms with Crippen LogP contribution in [0, 0.1) is 3.57 Å². The highest BCUT2D eigenvalue weighted by Crippen LogP contribution is 2.22. The molecule has 0 fully saturated rings. The lowest BCUT2D eigenvalue weighted by Gasteiger charge is -2.14. The van der Waals surface area contributed by atoms with Crippen molar-refractivity contribution in [2.75, 3.05) is 16.8 Å². The number of thiazole rings is 1. The molecule has 4 nitrogen and oxygen atoms in total. The Kier molecular flexibility index (Phi) is 5.36. The molecule has 0 unspecified atom stereocenters. The molecule has 0 aliphatic carbocycles. The Labute approximate surface area is 136 Å². The van der Waals surface area contributed by atoms with Crippen molar-refractivity contribution in [3.05, 3.63) is 38.9 Å².